The quantitative estimate of drug-likeness (QED) is 0.889. The summed E-state index contributed by atoms with van der Waals surface area (Å²) >= 11 is 0. The number of hydrogen-bond acceptors (Lipinski definition) is 3. The van der Waals surface area contributed by atoms with E-state index in [9.17, 15) is 5.11 Å². The van der Waals surface area contributed by atoms with Gasteiger partial charge in [-0.1, -0.05) is 45.0 Å². The van der Waals surface area contributed by atoms with E-state index < -0.39 is 0 Å². The number of nitrogens with zero attached hydrogens (tertiary/aromatic N) is 1. The van der Waals surface area contributed by atoms with Crippen LogP contribution in [0.4, 0.5) is 0 Å². The van der Waals surface area contributed by atoms with Gasteiger partial charge >= 0.3 is 0 Å². The molecule has 0 bridgehead atoms. The van der Waals surface area contributed by atoms with E-state index in [4.69, 9.17) is 0 Å². The third-order valence-electron chi connectivity index (χ3n) is 4.03. The van der Waals surface area contributed by atoms with Crippen LogP contribution in [0.3, 0.4) is 0 Å². The summed E-state index contributed by atoms with van der Waals surface area (Å²) in [5, 5.41) is 13.8. The van der Waals surface area contributed by atoms with Gasteiger partial charge in [0.15, 0.2) is 0 Å². The second kappa shape index (κ2) is 6.70. The highest BCUT2D eigenvalue weighted by Crippen LogP contribution is 2.24. The Bertz CT molecular complexity index is 400. The van der Waals surface area contributed by atoms with Gasteiger partial charge < -0.3 is 10.4 Å². The predicted octanol–water partition coefficient (Wildman–Crippen LogP) is 2.31. The molecule has 0 radical (unpaired) electrons. The van der Waals surface area contributed by atoms with Crippen molar-refractivity contribution in [1.29, 1.82) is 0 Å². The van der Waals surface area contributed by atoms with Crippen LogP contribution in [-0.2, 0) is 5.41 Å². The van der Waals surface area contributed by atoms with Gasteiger partial charge in [-0.15, -0.1) is 0 Å². The smallest absolute Gasteiger partial charge is 0.0916 e. The normalized spacial score (nSPS) is 19.6. The summed E-state index contributed by atoms with van der Waals surface area (Å²) in [6.45, 7) is 11.6. The van der Waals surface area contributed by atoms with Crippen LogP contribution in [0.5, 0.6) is 0 Å². The van der Waals surface area contributed by atoms with Gasteiger partial charge in [0.2, 0.25) is 0 Å². The molecule has 0 amide bonds. The first kappa shape index (κ1) is 15.5. The third-order valence-corrected chi connectivity index (χ3v) is 4.03. The second-order valence-electron chi connectivity index (χ2n) is 6.79. The minimum absolute atomic E-state index is 0.167. The van der Waals surface area contributed by atoms with Crippen molar-refractivity contribution in [1.82, 2.24) is 10.2 Å². The van der Waals surface area contributed by atoms with Crippen molar-refractivity contribution in [2.45, 2.75) is 38.7 Å². The molecule has 112 valence electrons. The fourth-order valence-corrected chi connectivity index (χ4v) is 2.64. The molecule has 1 unspecified atom stereocenters. The number of hydrogen-bond donors (Lipinski definition) is 2. The number of aliphatic hydroxyl groups is 1. The number of benzene rings is 1. The lowest BCUT2D eigenvalue weighted by atomic mass is 9.86. The summed E-state index contributed by atoms with van der Waals surface area (Å²) in [6.07, 6.45) is 0.775. The van der Waals surface area contributed by atoms with Crippen LogP contribution in [0, 0.1) is 0 Å². The van der Waals surface area contributed by atoms with Crippen molar-refractivity contribution in [3.8, 4) is 0 Å². The lowest BCUT2D eigenvalue weighted by Crippen LogP contribution is -2.32. The molecule has 0 saturated carbocycles. The maximum Gasteiger partial charge on any atom is 0.0916 e. The predicted molar refractivity (Wildman–Crippen MR) is 84.0 cm³/mol. The van der Waals surface area contributed by atoms with E-state index in [0.29, 0.717) is 0 Å². The molecule has 1 heterocycles. The van der Waals surface area contributed by atoms with Crippen molar-refractivity contribution in [3.63, 3.8) is 0 Å². The maximum atomic E-state index is 10.4. The van der Waals surface area contributed by atoms with Gasteiger partial charge in [0.05, 0.1) is 6.10 Å². The fraction of sp³-hybridized carbons (Fsp3) is 0.647. The van der Waals surface area contributed by atoms with Crippen LogP contribution in [0.25, 0.3) is 0 Å². The fourth-order valence-electron chi connectivity index (χ4n) is 2.64. The Kier molecular flexibility index (Phi) is 5.19. The summed E-state index contributed by atoms with van der Waals surface area (Å²) in [6, 6.07) is 8.42. The average molecular weight is 276 g/mol. The molecule has 1 aliphatic heterocycles. The van der Waals surface area contributed by atoms with Gasteiger partial charge in [0, 0.05) is 19.6 Å². The van der Waals surface area contributed by atoms with E-state index in [-0.39, 0.29) is 11.5 Å². The van der Waals surface area contributed by atoms with E-state index in [2.05, 4.69) is 55.3 Å². The van der Waals surface area contributed by atoms with E-state index >= 15 is 0 Å². The molecule has 1 aromatic rings. The molecule has 0 spiro atoms. The zero-order chi connectivity index (χ0) is 14.6. The van der Waals surface area contributed by atoms with Gasteiger partial charge in [-0.2, -0.15) is 0 Å². The van der Waals surface area contributed by atoms with E-state index in [1.165, 1.54) is 5.56 Å². The van der Waals surface area contributed by atoms with E-state index in [1.54, 1.807) is 0 Å². The minimum Gasteiger partial charge on any atom is -0.387 e. The number of β-amino-alcohol motifs (C(OH)–C–C–N with tert-alkyl or cyclic N) is 1. The molecular formula is C17H28N2O. The zero-order valence-corrected chi connectivity index (χ0v) is 13.0. The first-order chi connectivity index (χ1) is 9.47. The van der Waals surface area contributed by atoms with Crippen molar-refractivity contribution in [2.24, 2.45) is 0 Å². The first-order valence-corrected chi connectivity index (χ1v) is 7.68. The van der Waals surface area contributed by atoms with Crippen molar-refractivity contribution < 1.29 is 5.11 Å². The lowest BCUT2D eigenvalue weighted by Gasteiger charge is -2.24. The minimum atomic E-state index is -0.387. The van der Waals surface area contributed by atoms with Crippen LogP contribution in [-0.4, -0.2) is 42.7 Å². The van der Waals surface area contributed by atoms with Crippen LogP contribution < -0.4 is 5.32 Å². The molecule has 2 N–H and O–H groups in total. The largest absolute Gasteiger partial charge is 0.387 e. The number of rotatable bonds is 3. The topological polar surface area (TPSA) is 35.5 Å². The van der Waals surface area contributed by atoms with Crippen LogP contribution >= 0.6 is 0 Å². The van der Waals surface area contributed by atoms with Gasteiger partial charge in [-0.3, -0.25) is 4.90 Å². The summed E-state index contributed by atoms with van der Waals surface area (Å²) in [5.74, 6) is 0. The Hall–Kier alpha value is -0.900. The van der Waals surface area contributed by atoms with E-state index in [0.717, 1.165) is 44.7 Å². The van der Waals surface area contributed by atoms with Gasteiger partial charge in [0.25, 0.3) is 0 Å². The average Bonchev–Trinajstić information content (AvgIpc) is 2.66. The van der Waals surface area contributed by atoms with Crippen molar-refractivity contribution >= 4 is 0 Å². The van der Waals surface area contributed by atoms with Crippen LogP contribution in [0.15, 0.2) is 24.3 Å². The van der Waals surface area contributed by atoms with Gasteiger partial charge in [0.1, 0.15) is 0 Å². The SMILES string of the molecule is CC(C)(C)c1ccc(C(O)CN2CCCNCC2)cc1. The summed E-state index contributed by atoms with van der Waals surface area (Å²) in [7, 11) is 0. The van der Waals surface area contributed by atoms with Crippen LogP contribution in [0.2, 0.25) is 0 Å². The third kappa shape index (κ3) is 4.30. The second-order valence-corrected chi connectivity index (χ2v) is 6.79. The molecule has 0 aromatic heterocycles. The highest BCUT2D eigenvalue weighted by molar-refractivity contribution is 5.28. The Labute approximate surface area is 123 Å². The molecule has 1 atom stereocenters. The molecule has 20 heavy (non-hydrogen) atoms. The first-order valence-electron chi connectivity index (χ1n) is 7.68. The molecule has 3 heteroatoms. The Morgan fingerprint density at radius 3 is 2.50 bits per heavy atom. The van der Waals surface area contributed by atoms with Gasteiger partial charge in [-0.25, -0.2) is 0 Å². The molecule has 3 nitrogen and oxygen atoms in total. The summed E-state index contributed by atoms with van der Waals surface area (Å²) in [4.78, 5) is 2.35. The molecule has 1 aromatic carbocycles. The Morgan fingerprint density at radius 1 is 1.15 bits per heavy atom. The zero-order valence-electron chi connectivity index (χ0n) is 13.0. The molecular weight excluding hydrogens is 248 g/mol. The standard InChI is InChI=1S/C17H28N2O/c1-17(2,3)15-7-5-14(6-8-15)16(20)13-19-11-4-9-18-10-12-19/h5-8,16,18,20H,4,9-13H2,1-3H3. The van der Waals surface area contributed by atoms with E-state index in [1.807, 2.05) is 0 Å². The molecule has 1 fully saturated rings. The summed E-state index contributed by atoms with van der Waals surface area (Å²) in [5.41, 5.74) is 2.50. The van der Waals surface area contributed by atoms with Crippen molar-refractivity contribution in [2.75, 3.05) is 32.7 Å². The molecule has 0 aliphatic carbocycles. The highest BCUT2D eigenvalue weighted by atomic mass is 16.3. The maximum absolute atomic E-state index is 10.4. The lowest BCUT2D eigenvalue weighted by molar-refractivity contribution is 0.117. The Morgan fingerprint density at radius 2 is 1.85 bits per heavy atom. The number of aliphatic hydroxyl groups excluding tert-OH is 1. The monoisotopic (exact) mass is 276 g/mol. The summed E-state index contributed by atoms with van der Waals surface area (Å²) < 4.78 is 0. The van der Waals surface area contributed by atoms with Gasteiger partial charge in [-0.05, 0) is 36.1 Å². The van der Waals surface area contributed by atoms with Crippen LogP contribution in [0.1, 0.15) is 44.4 Å². The molecule has 2 rings (SSSR count). The highest BCUT2D eigenvalue weighted by Gasteiger charge is 2.17. The van der Waals surface area contributed by atoms with Crippen molar-refractivity contribution in [3.05, 3.63) is 35.4 Å². The number of nitrogens with one attached hydrogen (secondary N) is 1. The molecule has 1 saturated heterocycles. The Balaban J connectivity index is 1.96. The molecule has 1 aliphatic rings.